The van der Waals surface area contributed by atoms with E-state index >= 15 is 0 Å². The maximum absolute atomic E-state index is 12.9. The number of benzene rings is 3. The van der Waals surface area contributed by atoms with Crippen molar-refractivity contribution in [2.24, 2.45) is 5.92 Å². The second-order valence-electron chi connectivity index (χ2n) is 8.78. The number of carbonyl (C=O) groups excluding carboxylic acids is 2. The highest BCUT2D eigenvalue weighted by atomic mass is 16.5. The molecule has 0 saturated carbocycles. The van der Waals surface area contributed by atoms with E-state index in [0.29, 0.717) is 23.6 Å². The topological polar surface area (TPSA) is 93.2 Å². The van der Waals surface area contributed by atoms with Crippen molar-refractivity contribution < 1.29 is 14.3 Å². The van der Waals surface area contributed by atoms with Gasteiger partial charge in [0.25, 0.3) is 5.91 Å². The van der Waals surface area contributed by atoms with Crippen LogP contribution in [0.4, 0.5) is 0 Å². The predicted molar refractivity (Wildman–Crippen MR) is 138 cm³/mol. The van der Waals surface area contributed by atoms with Crippen LogP contribution in [-0.2, 0) is 17.6 Å². The highest BCUT2D eigenvalue weighted by molar-refractivity contribution is 5.95. The Morgan fingerprint density at radius 3 is 2.22 bits per heavy atom. The maximum atomic E-state index is 12.9. The number of hydrazine groups is 1. The normalized spacial score (nSPS) is 10.6. The highest BCUT2D eigenvalue weighted by Crippen LogP contribution is 2.32. The van der Waals surface area contributed by atoms with Gasteiger partial charge < -0.3 is 4.74 Å². The molecule has 1 heterocycles. The molecular weight excluding hydrogens is 452 g/mol. The van der Waals surface area contributed by atoms with Crippen LogP contribution in [0.15, 0.2) is 91.0 Å². The molecule has 0 atom stereocenters. The lowest BCUT2D eigenvalue weighted by Crippen LogP contribution is -2.43. The first kappa shape index (κ1) is 24.6. The van der Waals surface area contributed by atoms with Crippen LogP contribution in [0.1, 0.15) is 35.5 Å². The van der Waals surface area contributed by atoms with Crippen molar-refractivity contribution >= 4 is 11.8 Å². The largest absolute Gasteiger partial charge is 0.457 e. The lowest BCUT2D eigenvalue weighted by atomic mass is 9.99. The molecule has 7 nitrogen and oxygen atoms in total. The van der Waals surface area contributed by atoms with Gasteiger partial charge in [0.1, 0.15) is 11.5 Å². The highest BCUT2D eigenvalue weighted by Gasteiger charge is 2.19. The number of nitrogens with one attached hydrogen (secondary N) is 2. The quantitative estimate of drug-likeness (QED) is 0.341. The summed E-state index contributed by atoms with van der Waals surface area (Å²) in [7, 11) is 0. The van der Waals surface area contributed by atoms with Crippen molar-refractivity contribution in [1.29, 1.82) is 0 Å². The van der Waals surface area contributed by atoms with Gasteiger partial charge in [0, 0.05) is 5.56 Å². The second kappa shape index (κ2) is 11.8. The molecule has 3 aromatic carbocycles. The van der Waals surface area contributed by atoms with E-state index in [-0.39, 0.29) is 23.9 Å². The van der Waals surface area contributed by atoms with Gasteiger partial charge in [-0.25, -0.2) is 0 Å². The molecule has 0 aliphatic heterocycles. The molecule has 0 bridgehead atoms. The maximum Gasteiger partial charge on any atom is 0.290 e. The molecule has 1 aromatic heterocycles. The Bertz CT molecular complexity index is 1320. The van der Waals surface area contributed by atoms with E-state index in [1.165, 1.54) is 0 Å². The number of aromatic nitrogens is 2. The zero-order chi connectivity index (χ0) is 25.3. The van der Waals surface area contributed by atoms with E-state index in [1.807, 2.05) is 91.0 Å². The van der Waals surface area contributed by atoms with Gasteiger partial charge >= 0.3 is 0 Å². The van der Waals surface area contributed by atoms with Crippen molar-refractivity contribution in [2.45, 2.75) is 26.7 Å². The molecule has 4 aromatic rings. The minimum atomic E-state index is -0.514. The fourth-order valence-corrected chi connectivity index (χ4v) is 3.74. The van der Waals surface area contributed by atoms with Crippen LogP contribution >= 0.6 is 0 Å². The summed E-state index contributed by atoms with van der Waals surface area (Å²) in [5.74, 6) is 0.787. The van der Waals surface area contributed by atoms with Crippen molar-refractivity contribution in [3.05, 3.63) is 108 Å². The summed E-state index contributed by atoms with van der Waals surface area (Å²) in [6, 6.07) is 28.2. The molecule has 7 heteroatoms. The molecule has 182 valence electrons. The zero-order valence-corrected chi connectivity index (χ0v) is 20.3. The second-order valence-corrected chi connectivity index (χ2v) is 8.78. The number of carbonyl (C=O) groups is 2. The average molecular weight is 481 g/mol. The first-order valence-electron chi connectivity index (χ1n) is 11.8. The van der Waals surface area contributed by atoms with Gasteiger partial charge in [0.15, 0.2) is 5.69 Å². The van der Waals surface area contributed by atoms with Crippen LogP contribution < -0.4 is 15.6 Å². The summed E-state index contributed by atoms with van der Waals surface area (Å²) >= 11 is 0. The van der Waals surface area contributed by atoms with E-state index in [0.717, 1.165) is 16.7 Å². The molecule has 36 heavy (non-hydrogen) atoms. The number of amides is 2. The van der Waals surface area contributed by atoms with Gasteiger partial charge in [-0.1, -0.05) is 74.5 Å². The average Bonchev–Trinajstić information content (AvgIpc) is 2.88. The number of nitrogens with zero attached hydrogens (tertiary/aromatic N) is 2. The molecule has 0 saturated heterocycles. The van der Waals surface area contributed by atoms with E-state index in [4.69, 9.17) is 4.74 Å². The number of hydrogen-bond donors (Lipinski definition) is 2. The van der Waals surface area contributed by atoms with E-state index in [2.05, 4.69) is 34.9 Å². The van der Waals surface area contributed by atoms with Crippen LogP contribution in [0, 0.1) is 5.92 Å². The fraction of sp³-hybridized carbons (Fsp3) is 0.172. The Morgan fingerprint density at radius 1 is 0.833 bits per heavy atom. The molecule has 0 aliphatic rings. The summed E-state index contributed by atoms with van der Waals surface area (Å²) in [6.45, 7) is 4.13. The number of ether oxygens (including phenoxy) is 1. The monoisotopic (exact) mass is 480 g/mol. The van der Waals surface area contributed by atoms with Gasteiger partial charge in [-0.15, -0.1) is 10.2 Å². The molecule has 0 unspecified atom stereocenters. The first-order valence-corrected chi connectivity index (χ1v) is 11.8. The van der Waals surface area contributed by atoms with E-state index < -0.39 is 5.91 Å². The first-order chi connectivity index (χ1) is 17.5. The summed E-state index contributed by atoms with van der Waals surface area (Å²) < 4.78 is 6.08. The van der Waals surface area contributed by atoms with Crippen LogP contribution in [0.5, 0.6) is 11.5 Å². The van der Waals surface area contributed by atoms with Crippen molar-refractivity contribution in [3.8, 4) is 22.8 Å². The molecule has 0 radical (unpaired) electrons. The van der Waals surface area contributed by atoms with E-state index in [1.54, 1.807) is 0 Å². The Hall–Kier alpha value is -4.52. The lowest BCUT2D eigenvalue weighted by Gasteiger charge is -2.14. The fourth-order valence-electron chi connectivity index (χ4n) is 3.74. The third-order valence-corrected chi connectivity index (χ3v) is 5.37. The molecular formula is C29H28N4O3. The van der Waals surface area contributed by atoms with Gasteiger partial charge in [-0.3, -0.25) is 20.4 Å². The SMILES string of the molecule is CC(C)Cc1cc(-c2ccccc2Oc2ccccc2)nnc1C(=O)NNC(=O)Cc1ccccc1. The smallest absolute Gasteiger partial charge is 0.290 e. The lowest BCUT2D eigenvalue weighted by molar-refractivity contribution is -0.121. The minimum absolute atomic E-state index is 0.156. The number of para-hydroxylation sites is 2. The Balaban J connectivity index is 1.54. The van der Waals surface area contributed by atoms with Crippen LogP contribution in [0.25, 0.3) is 11.3 Å². The molecule has 4 rings (SSSR count). The van der Waals surface area contributed by atoms with Crippen LogP contribution in [-0.4, -0.2) is 22.0 Å². The third kappa shape index (κ3) is 6.54. The standard InChI is InChI=1S/C29H28N4O3/c1-20(2)17-22-19-25(24-15-9-10-16-26(24)36-23-13-7-4-8-14-23)30-32-28(22)29(35)33-31-27(34)18-21-11-5-3-6-12-21/h3-16,19-20H,17-18H2,1-2H3,(H,31,34)(H,33,35). The minimum Gasteiger partial charge on any atom is -0.457 e. The Morgan fingerprint density at radius 2 is 1.50 bits per heavy atom. The molecule has 2 N–H and O–H groups in total. The summed E-state index contributed by atoms with van der Waals surface area (Å²) in [5, 5.41) is 8.58. The number of rotatable bonds is 8. The molecule has 0 fully saturated rings. The summed E-state index contributed by atoms with van der Waals surface area (Å²) in [6.07, 6.45) is 0.772. The summed E-state index contributed by atoms with van der Waals surface area (Å²) in [4.78, 5) is 25.2. The van der Waals surface area contributed by atoms with Crippen LogP contribution in [0.2, 0.25) is 0 Å². The van der Waals surface area contributed by atoms with E-state index in [9.17, 15) is 9.59 Å². The van der Waals surface area contributed by atoms with Crippen molar-refractivity contribution in [3.63, 3.8) is 0 Å². The van der Waals surface area contributed by atoms with Gasteiger partial charge in [-0.05, 0) is 53.8 Å². The van der Waals surface area contributed by atoms with Gasteiger partial charge in [0.05, 0.1) is 12.1 Å². The van der Waals surface area contributed by atoms with Crippen LogP contribution in [0.3, 0.4) is 0 Å². The van der Waals surface area contributed by atoms with Gasteiger partial charge in [0.2, 0.25) is 5.91 Å². The molecule has 2 amide bonds. The van der Waals surface area contributed by atoms with Crippen molar-refractivity contribution in [2.75, 3.05) is 0 Å². The molecule has 0 spiro atoms. The third-order valence-electron chi connectivity index (χ3n) is 5.37. The van der Waals surface area contributed by atoms with Gasteiger partial charge in [-0.2, -0.15) is 0 Å². The van der Waals surface area contributed by atoms with Crippen molar-refractivity contribution in [1.82, 2.24) is 21.0 Å². The zero-order valence-electron chi connectivity index (χ0n) is 20.3. The molecule has 0 aliphatic carbocycles. The summed E-state index contributed by atoms with van der Waals surface area (Å²) in [5.41, 5.74) is 8.06. The Kier molecular flexibility index (Phi) is 8.03. The number of hydrogen-bond acceptors (Lipinski definition) is 5. The predicted octanol–water partition coefficient (Wildman–Crippen LogP) is 5.14. The Labute approximate surface area is 210 Å².